The van der Waals surface area contributed by atoms with Gasteiger partial charge in [0.1, 0.15) is 0 Å². The summed E-state index contributed by atoms with van der Waals surface area (Å²) in [5.41, 5.74) is 2.89. The summed E-state index contributed by atoms with van der Waals surface area (Å²) in [6.07, 6.45) is 3.44. The molecule has 1 aromatic carbocycles. The molecule has 0 bridgehead atoms. The molecule has 14 heavy (non-hydrogen) atoms. The van der Waals surface area contributed by atoms with Crippen LogP contribution in [0.3, 0.4) is 0 Å². The van der Waals surface area contributed by atoms with Gasteiger partial charge in [-0.15, -0.1) is 11.8 Å². The van der Waals surface area contributed by atoms with Gasteiger partial charge < -0.3 is 0 Å². The zero-order chi connectivity index (χ0) is 10.4. The summed E-state index contributed by atoms with van der Waals surface area (Å²) in [5, 5.41) is 0. The Hall–Kier alpha value is -0.0800. The maximum atomic E-state index is 2.26. The SMILES string of the molecule is CCC(SC)SCc1ccccc1C. The fourth-order valence-electron chi connectivity index (χ4n) is 1.31. The fourth-order valence-corrected chi connectivity index (χ4v) is 3.31. The standard InChI is InChI=1S/C12H18S2/c1-4-12(13-3)14-9-11-8-6-5-7-10(11)2/h5-8,12H,4,9H2,1-3H3. The molecule has 78 valence electrons. The van der Waals surface area contributed by atoms with Gasteiger partial charge >= 0.3 is 0 Å². The van der Waals surface area contributed by atoms with E-state index >= 15 is 0 Å². The van der Waals surface area contributed by atoms with Crippen molar-refractivity contribution in [3.63, 3.8) is 0 Å². The quantitative estimate of drug-likeness (QED) is 0.686. The van der Waals surface area contributed by atoms with Gasteiger partial charge in [-0.2, -0.15) is 11.8 Å². The van der Waals surface area contributed by atoms with Crippen LogP contribution in [0.5, 0.6) is 0 Å². The van der Waals surface area contributed by atoms with Crippen molar-refractivity contribution in [1.29, 1.82) is 0 Å². The van der Waals surface area contributed by atoms with Crippen LogP contribution < -0.4 is 0 Å². The molecule has 0 aromatic heterocycles. The van der Waals surface area contributed by atoms with E-state index in [0.29, 0.717) is 0 Å². The Labute approximate surface area is 95.9 Å². The molecule has 1 atom stereocenters. The summed E-state index contributed by atoms with van der Waals surface area (Å²) in [6, 6.07) is 8.66. The summed E-state index contributed by atoms with van der Waals surface area (Å²) < 4.78 is 0.745. The predicted molar refractivity (Wildman–Crippen MR) is 70.1 cm³/mol. The molecule has 0 fully saturated rings. The van der Waals surface area contributed by atoms with Crippen LogP contribution in [-0.2, 0) is 5.75 Å². The Kier molecular flexibility index (Phi) is 5.49. The first-order valence-electron chi connectivity index (χ1n) is 4.96. The van der Waals surface area contributed by atoms with Gasteiger partial charge in [-0.05, 0) is 30.7 Å². The molecule has 0 aliphatic heterocycles. The number of aryl methyl sites for hydroxylation is 1. The summed E-state index contributed by atoms with van der Waals surface area (Å²) in [7, 11) is 0. The minimum Gasteiger partial charge on any atom is -0.151 e. The summed E-state index contributed by atoms with van der Waals surface area (Å²) >= 11 is 4.01. The van der Waals surface area contributed by atoms with Crippen LogP contribution >= 0.6 is 23.5 Å². The van der Waals surface area contributed by atoms with E-state index in [2.05, 4.69) is 56.1 Å². The van der Waals surface area contributed by atoms with Gasteiger partial charge in [-0.1, -0.05) is 31.2 Å². The molecule has 0 saturated carbocycles. The monoisotopic (exact) mass is 226 g/mol. The minimum atomic E-state index is 0.745. The van der Waals surface area contributed by atoms with Crippen molar-refractivity contribution >= 4 is 23.5 Å². The van der Waals surface area contributed by atoms with Gasteiger partial charge in [0.05, 0.1) is 0 Å². The Morgan fingerprint density at radius 3 is 2.57 bits per heavy atom. The average Bonchev–Trinajstić information content (AvgIpc) is 2.22. The van der Waals surface area contributed by atoms with Crippen LogP contribution in [0.15, 0.2) is 24.3 Å². The summed E-state index contributed by atoms with van der Waals surface area (Å²) in [5.74, 6) is 1.14. The van der Waals surface area contributed by atoms with Crippen molar-refractivity contribution in [3.8, 4) is 0 Å². The first-order chi connectivity index (χ1) is 6.77. The van der Waals surface area contributed by atoms with Crippen LogP contribution in [0, 0.1) is 6.92 Å². The number of benzene rings is 1. The molecule has 0 saturated heterocycles. The Bertz CT molecular complexity index is 267. The molecule has 1 rings (SSSR count). The number of hydrogen-bond acceptors (Lipinski definition) is 2. The van der Waals surface area contributed by atoms with Gasteiger partial charge in [0.2, 0.25) is 0 Å². The van der Waals surface area contributed by atoms with Crippen LogP contribution in [0.25, 0.3) is 0 Å². The highest BCUT2D eigenvalue weighted by Crippen LogP contribution is 2.28. The lowest BCUT2D eigenvalue weighted by Crippen LogP contribution is -1.95. The van der Waals surface area contributed by atoms with Crippen molar-refractivity contribution in [2.45, 2.75) is 30.6 Å². The van der Waals surface area contributed by atoms with E-state index in [0.717, 1.165) is 10.3 Å². The fraction of sp³-hybridized carbons (Fsp3) is 0.500. The lowest BCUT2D eigenvalue weighted by Gasteiger charge is -2.12. The molecule has 0 aliphatic carbocycles. The molecule has 0 amide bonds. The van der Waals surface area contributed by atoms with E-state index in [9.17, 15) is 0 Å². The third-order valence-corrected chi connectivity index (χ3v) is 5.31. The van der Waals surface area contributed by atoms with E-state index in [1.54, 1.807) is 0 Å². The van der Waals surface area contributed by atoms with Crippen molar-refractivity contribution < 1.29 is 0 Å². The van der Waals surface area contributed by atoms with Crippen molar-refractivity contribution in [2.24, 2.45) is 0 Å². The van der Waals surface area contributed by atoms with Crippen LogP contribution in [0.1, 0.15) is 24.5 Å². The third-order valence-electron chi connectivity index (χ3n) is 2.28. The molecule has 0 heterocycles. The molecule has 0 nitrogen and oxygen atoms in total. The predicted octanol–water partition coefficient (Wildman–Crippen LogP) is 4.33. The average molecular weight is 226 g/mol. The molecule has 1 unspecified atom stereocenters. The third kappa shape index (κ3) is 3.58. The van der Waals surface area contributed by atoms with Crippen LogP contribution in [0.2, 0.25) is 0 Å². The van der Waals surface area contributed by atoms with Crippen LogP contribution in [0.4, 0.5) is 0 Å². The van der Waals surface area contributed by atoms with E-state index in [1.807, 2.05) is 11.8 Å². The maximum absolute atomic E-state index is 2.26. The van der Waals surface area contributed by atoms with Gasteiger partial charge in [0.25, 0.3) is 0 Å². The van der Waals surface area contributed by atoms with Gasteiger partial charge in [0.15, 0.2) is 0 Å². The highest BCUT2D eigenvalue weighted by molar-refractivity contribution is 8.16. The van der Waals surface area contributed by atoms with Gasteiger partial charge in [-0.3, -0.25) is 0 Å². The van der Waals surface area contributed by atoms with Gasteiger partial charge in [0, 0.05) is 10.3 Å². The lowest BCUT2D eigenvalue weighted by molar-refractivity contribution is 1.06. The zero-order valence-corrected chi connectivity index (χ0v) is 10.8. The molecule has 2 heteroatoms. The number of thioether (sulfide) groups is 2. The van der Waals surface area contributed by atoms with Crippen molar-refractivity contribution in [1.82, 2.24) is 0 Å². The van der Waals surface area contributed by atoms with E-state index in [1.165, 1.54) is 17.5 Å². The molecule has 0 N–H and O–H groups in total. The second kappa shape index (κ2) is 6.41. The van der Waals surface area contributed by atoms with E-state index in [4.69, 9.17) is 0 Å². The normalized spacial score (nSPS) is 12.8. The van der Waals surface area contributed by atoms with E-state index in [-0.39, 0.29) is 0 Å². The Balaban J connectivity index is 2.49. The number of rotatable bonds is 5. The number of hydrogen-bond donors (Lipinski definition) is 0. The molecule has 0 radical (unpaired) electrons. The topological polar surface area (TPSA) is 0 Å². The Morgan fingerprint density at radius 1 is 1.29 bits per heavy atom. The molecule has 1 aromatic rings. The zero-order valence-electron chi connectivity index (χ0n) is 9.12. The maximum Gasteiger partial charge on any atom is 0.0500 e. The summed E-state index contributed by atoms with van der Waals surface area (Å²) in [4.78, 5) is 0. The second-order valence-corrected chi connectivity index (χ2v) is 5.84. The second-order valence-electron chi connectivity index (χ2n) is 3.31. The first kappa shape index (κ1) is 12.0. The minimum absolute atomic E-state index is 0.745. The lowest BCUT2D eigenvalue weighted by atomic mass is 10.1. The van der Waals surface area contributed by atoms with E-state index < -0.39 is 0 Å². The van der Waals surface area contributed by atoms with Gasteiger partial charge in [-0.25, -0.2) is 0 Å². The van der Waals surface area contributed by atoms with Crippen LogP contribution in [-0.4, -0.2) is 10.8 Å². The molecule has 0 aliphatic rings. The van der Waals surface area contributed by atoms with Crippen molar-refractivity contribution in [2.75, 3.05) is 6.26 Å². The Morgan fingerprint density at radius 2 is 2.00 bits per heavy atom. The largest absolute Gasteiger partial charge is 0.151 e. The highest BCUT2D eigenvalue weighted by Gasteiger charge is 2.05. The molecular weight excluding hydrogens is 208 g/mol. The smallest absolute Gasteiger partial charge is 0.0500 e. The molecular formula is C12H18S2. The first-order valence-corrected chi connectivity index (χ1v) is 7.30. The highest BCUT2D eigenvalue weighted by atomic mass is 32.2. The summed E-state index contributed by atoms with van der Waals surface area (Å²) in [6.45, 7) is 4.45. The van der Waals surface area contributed by atoms with Crippen molar-refractivity contribution in [3.05, 3.63) is 35.4 Å². The molecule has 0 spiro atoms.